The molecule has 3 rings (SSSR count). The molecule has 0 bridgehead atoms. The van der Waals surface area contributed by atoms with Crippen molar-refractivity contribution in [1.29, 1.82) is 0 Å². The molecule has 0 saturated heterocycles. The zero-order chi connectivity index (χ0) is 25.1. The maximum Gasteiger partial charge on any atom is 0.253 e. The van der Waals surface area contributed by atoms with Crippen LogP contribution in [0.5, 0.6) is 0 Å². The smallest absolute Gasteiger partial charge is 0.253 e. The zero-order valence-electron chi connectivity index (χ0n) is 20.2. The number of nitrogens with zero attached hydrogens (tertiary/aromatic N) is 3. The lowest BCUT2D eigenvalue weighted by molar-refractivity contribution is -0.129. The SMILES string of the molecule is COC(c1ccc(C(=O)N(C)CCCCCCC(=O)NO)cc1)(c1ccccn1)c1ccccn1. The minimum Gasteiger partial charge on any atom is -0.361 e. The van der Waals surface area contributed by atoms with Crippen LogP contribution in [0.25, 0.3) is 0 Å². The summed E-state index contributed by atoms with van der Waals surface area (Å²) >= 11 is 0. The second-order valence-electron chi connectivity index (χ2n) is 8.32. The maximum atomic E-state index is 13.0. The third-order valence-corrected chi connectivity index (χ3v) is 6.01. The fourth-order valence-electron chi connectivity index (χ4n) is 4.11. The number of pyridine rings is 2. The summed E-state index contributed by atoms with van der Waals surface area (Å²) in [6, 6.07) is 18.7. The van der Waals surface area contributed by atoms with Crippen LogP contribution in [-0.2, 0) is 15.1 Å². The molecule has 0 aliphatic rings. The number of methoxy groups -OCH3 is 1. The van der Waals surface area contributed by atoms with Crippen molar-refractivity contribution in [2.24, 2.45) is 0 Å². The Morgan fingerprint density at radius 2 is 1.51 bits per heavy atom. The van der Waals surface area contributed by atoms with Gasteiger partial charge in [-0.15, -0.1) is 0 Å². The molecule has 0 fully saturated rings. The van der Waals surface area contributed by atoms with Crippen molar-refractivity contribution < 1.29 is 19.5 Å². The first-order chi connectivity index (χ1) is 17.0. The van der Waals surface area contributed by atoms with Gasteiger partial charge in [0.25, 0.3) is 5.91 Å². The molecular weight excluding hydrogens is 444 g/mol. The molecular formula is C27H32N4O4. The highest BCUT2D eigenvalue weighted by Gasteiger charge is 2.39. The van der Waals surface area contributed by atoms with E-state index in [1.807, 2.05) is 48.5 Å². The van der Waals surface area contributed by atoms with Crippen LogP contribution >= 0.6 is 0 Å². The van der Waals surface area contributed by atoms with Crippen molar-refractivity contribution in [3.05, 3.63) is 95.6 Å². The third kappa shape index (κ3) is 6.29. The van der Waals surface area contributed by atoms with Crippen LogP contribution < -0.4 is 5.48 Å². The molecule has 0 aliphatic heterocycles. The van der Waals surface area contributed by atoms with Gasteiger partial charge in [0.1, 0.15) is 0 Å². The first-order valence-electron chi connectivity index (χ1n) is 11.7. The number of hydroxylamine groups is 1. The average molecular weight is 477 g/mol. The zero-order valence-corrected chi connectivity index (χ0v) is 20.2. The van der Waals surface area contributed by atoms with Gasteiger partial charge in [-0.25, -0.2) is 5.48 Å². The van der Waals surface area contributed by atoms with Gasteiger partial charge in [0.05, 0.1) is 11.4 Å². The van der Waals surface area contributed by atoms with Gasteiger partial charge in [0.15, 0.2) is 5.60 Å². The molecule has 0 aliphatic carbocycles. The Morgan fingerprint density at radius 3 is 2.03 bits per heavy atom. The van der Waals surface area contributed by atoms with Crippen LogP contribution in [0.15, 0.2) is 73.1 Å². The number of hydrogen-bond acceptors (Lipinski definition) is 6. The van der Waals surface area contributed by atoms with Crippen LogP contribution in [0.4, 0.5) is 0 Å². The van der Waals surface area contributed by atoms with Gasteiger partial charge in [-0.05, 0) is 54.8 Å². The molecule has 2 N–H and O–H groups in total. The van der Waals surface area contributed by atoms with Crippen LogP contribution in [0.3, 0.4) is 0 Å². The largest absolute Gasteiger partial charge is 0.361 e. The second kappa shape index (κ2) is 12.7. The molecule has 2 aromatic heterocycles. The lowest BCUT2D eigenvalue weighted by Gasteiger charge is -2.32. The molecule has 0 saturated carbocycles. The minimum absolute atomic E-state index is 0.0603. The summed E-state index contributed by atoms with van der Waals surface area (Å²) in [5, 5.41) is 8.51. The normalized spacial score (nSPS) is 11.2. The number of carbonyl (C=O) groups excluding carboxylic acids is 2. The quantitative estimate of drug-likeness (QED) is 0.233. The highest BCUT2D eigenvalue weighted by molar-refractivity contribution is 5.94. The molecule has 1 aromatic carbocycles. The van der Waals surface area contributed by atoms with E-state index in [9.17, 15) is 9.59 Å². The topological polar surface area (TPSA) is 105 Å². The van der Waals surface area contributed by atoms with Gasteiger partial charge in [0.2, 0.25) is 5.91 Å². The fourth-order valence-corrected chi connectivity index (χ4v) is 4.11. The number of rotatable bonds is 12. The van der Waals surface area contributed by atoms with E-state index in [2.05, 4.69) is 9.97 Å². The number of nitrogens with one attached hydrogen (secondary N) is 1. The Morgan fingerprint density at radius 1 is 0.914 bits per heavy atom. The molecule has 8 nitrogen and oxygen atoms in total. The monoisotopic (exact) mass is 476 g/mol. The van der Waals surface area contributed by atoms with E-state index in [4.69, 9.17) is 9.94 Å². The molecule has 2 amide bonds. The van der Waals surface area contributed by atoms with Gasteiger partial charge < -0.3 is 9.64 Å². The fraction of sp³-hybridized carbons (Fsp3) is 0.333. The van der Waals surface area contributed by atoms with Crippen LogP contribution in [0, 0.1) is 0 Å². The lowest BCUT2D eigenvalue weighted by Crippen LogP contribution is -2.34. The highest BCUT2D eigenvalue weighted by atomic mass is 16.5. The summed E-state index contributed by atoms with van der Waals surface area (Å²) in [6.07, 6.45) is 7.06. The van der Waals surface area contributed by atoms with E-state index in [1.54, 1.807) is 49.1 Å². The summed E-state index contributed by atoms with van der Waals surface area (Å²) in [4.78, 5) is 34.8. The first-order valence-corrected chi connectivity index (χ1v) is 11.7. The number of aromatic nitrogens is 2. The van der Waals surface area contributed by atoms with Crippen molar-refractivity contribution in [3.8, 4) is 0 Å². The number of hydrogen-bond donors (Lipinski definition) is 2. The van der Waals surface area contributed by atoms with E-state index in [0.29, 0.717) is 36.3 Å². The number of ether oxygens (including phenoxy) is 1. The molecule has 2 heterocycles. The lowest BCUT2D eigenvalue weighted by atomic mass is 9.85. The van der Waals surface area contributed by atoms with Gasteiger partial charge in [-0.2, -0.15) is 0 Å². The minimum atomic E-state index is -1.01. The van der Waals surface area contributed by atoms with Crippen molar-refractivity contribution in [1.82, 2.24) is 20.3 Å². The Labute approximate surface area is 205 Å². The first kappa shape index (κ1) is 26.0. The number of benzene rings is 1. The van der Waals surface area contributed by atoms with E-state index in [1.165, 1.54) is 0 Å². The molecule has 8 heteroatoms. The molecule has 3 aromatic rings. The molecule has 184 valence electrons. The Balaban J connectivity index is 1.71. The van der Waals surface area contributed by atoms with Crippen LogP contribution in [0.1, 0.15) is 59.4 Å². The van der Waals surface area contributed by atoms with Gasteiger partial charge in [-0.3, -0.25) is 24.8 Å². The number of amides is 2. The van der Waals surface area contributed by atoms with Gasteiger partial charge in [-0.1, -0.05) is 37.1 Å². The van der Waals surface area contributed by atoms with Crippen molar-refractivity contribution >= 4 is 11.8 Å². The predicted octanol–water partition coefficient (Wildman–Crippen LogP) is 3.94. The van der Waals surface area contributed by atoms with Crippen molar-refractivity contribution in [3.63, 3.8) is 0 Å². The summed E-state index contributed by atoms with van der Waals surface area (Å²) < 4.78 is 6.09. The predicted molar refractivity (Wildman–Crippen MR) is 132 cm³/mol. The molecule has 35 heavy (non-hydrogen) atoms. The molecule has 0 radical (unpaired) electrons. The highest BCUT2D eigenvalue weighted by Crippen LogP contribution is 2.37. The van der Waals surface area contributed by atoms with E-state index in [0.717, 1.165) is 24.8 Å². The standard InChI is InChI=1S/C27H32N4O4/c1-31(20-10-4-3-5-13-25(32)30-34)26(33)21-14-16-22(17-15-21)27(35-2,23-11-6-8-18-28-23)24-12-7-9-19-29-24/h6-9,11-12,14-19,34H,3-5,10,13,20H2,1-2H3,(H,30,32). The molecule has 0 atom stereocenters. The average Bonchev–Trinajstić information content (AvgIpc) is 2.92. The summed E-state index contributed by atoms with van der Waals surface area (Å²) in [7, 11) is 3.42. The van der Waals surface area contributed by atoms with Gasteiger partial charge >= 0.3 is 0 Å². The Kier molecular flexibility index (Phi) is 9.46. The van der Waals surface area contributed by atoms with E-state index < -0.39 is 5.60 Å². The summed E-state index contributed by atoms with van der Waals surface area (Å²) in [5.74, 6) is -0.431. The molecule has 0 unspecified atom stereocenters. The second-order valence-corrected chi connectivity index (χ2v) is 8.32. The summed E-state index contributed by atoms with van der Waals surface area (Å²) in [5.41, 5.74) is 3.44. The maximum absolute atomic E-state index is 13.0. The summed E-state index contributed by atoms with van der Waals surface area (Å²) in [6.45, 7) is 0.622. The van der Waals surface area contributed by atoms with Crippen LogP contribution in [-0.4, -0.2) is 52.6 Å². The Hall–Kier alpha value is -3.62. The van der Waals surface area contributed by atoms with Crippen molar-refractivity contribution in [2.75, 3.05) is 20.7 Å². The Bertz CT molecular complexity index is 1040. The van der Waals surface area contributed by atoms with E-state index >= 15 is 0 Å². The van der Waals surface area contributed by atoms with Crippen LogP contribution in [0.2, 0.25) is 0 Å². The number of unbranched alkanes of at least 4 members (excludes halogenated alkanes) is 3. The van der Waals surface area contributed by atoms with Crippen molar-refractivity contribution in [2.45, 2.75) is 37.7 Å². The van der Waals surface area contributed by atoms with E-state index in [-0.39, 0.29) is 11.8 Å². The number of carbonyl (C=O) groups is 2. The molecule has 0 spiro atoms. The third-order valence-electron chi connectivity index (χ3n) is 6.01. The van der Waals surface area contributed by atoms with Gasteiger partial charge in [0, 0.05) is 45.1 Å².